The molecule has 1 aromatic carbocycles. The van der Waals surface area contributed by atoms with E-state index in [-0.39, 0.29) is 5.91 Å². The van der Waals surface area contributed by atoms with Crippen LogP contribution >= 0.6 is 0 Å². The van der Waals surface area contributed by atoms with Gasteiger partial charge in [-0.3, -0.25) is 9.59 Å². The lowest BCUT2D eigenvalue weighted by atomic mass is 9.90. The number of aryl methyl sites for hydroxylation is 1. The van der Waals surface area contributed by atoms with Crippen molar-refractivity contribution in [3.05, 3.63) is 34.9 Å². The quantitative estimate of drug-likeness (QED) is 0.855. The zero-order valence-corrected chi connectivity index (χ0v) is 13.1. The van der Waals surface area contributed by atoms with E-state index < -0.39 is 11.4 Å². The van der Waals surface area contributed by atoms with Gasteiger partial charge < -0.3 is 10.0 Å². The van der Waals surface area contributed by atoms with Crippen LogP contribution in [0, 0.1) is 5.41 Å². The van der Waals surface area contributed by atoms with Crippen LogP contribution in [0.25, 0.3) is 0 Å². The second-order valence-corrected chi connectivity index (χ2v) is 6.85. The summed E-state index contributed by atoms with van der Waals surface area (Å²) in [6.07, 6.45) is 6.06. The molecule has 1 aliphatic heterocycles. The van der Waals surface area contributed by atoms with Crippen molar-refractivity contribution in [1.82, 2.24) is 4.90 Å². The summed E-state index contributed by atoms with van der Waals surface area (Å²) in [7, 11) is 0. The third kappa shape index (κ3) is 2.62. The Labute approximate surface area is 131 Å². The summed E-state index contributed by atoms with van der Waals surface area (Å²) in [5.74, 6) is -0.807. The molecule has 1 heterocycles. The average molecular weight is 301 g/mol. The van der Waals surface area contributed by atoms with E-state index in [1.807, 2.05) is 12.1 Å². The molecule has 1 saturated heterocycles. The molecule has 1 atom stereocenters. The minimum atomic E-state index is -0.810. The number of carboxylic acids is 1. The van der Waals surface area contributed by atoms with Gasteiger partial charge in [0.25, 0.3) is 5.91 Å². The Morgan fingerprint density at radius 1 is 1.18 bits per heavy atom. The lowest BCUT2D eigenvalue weighted by Crippen LogP contribution is -2.35. The number of aliphatic carboxylic acids is 1. The Morgan fingerprint density at radius 2 is 1.95 bits per heavy atom. The molecule has 0 saturated carbocycles. The highest BCUT2D eigenvalue weighted by atomic mass is 16.4. The lowest BCUT2D eigenvalue weighted by Gasteiger charge is -2.22. The fourth-order valence-corrected chi connectivity index (χ4v) is 3.64. The van der Waals surface area contributed by atoms with E-state index in [0.717, 1.165) is 24.8 Å². The zero-order chi connectivity index (χ0) is 15.7. The minimum Gasteiger partial charge on any atom is -0.481 e. The smallest absolute Gasteiger partial charge is 0.311 e. The number of amides is 1. The van der Waals surface area contributed by atoms with Gasteiger partial charge in [0.2, 0.25) is 0 Å². The maximum atomic E-state index is 12.9. The SMILES string of the molecule is CC1(C(=O)O)CCN(C(=O)c2cccc3c2CCCCC3)C1. The van der Waals surface area contributed by atoms with Crippen LogP contribution < -0.4 is 0 Å². The number of carbonyl (C=O) groups excluding carboxylic acids is 1. The first kappa shape index (κ1) is 15.1. The van der Waals surface area contributed by atoms with Gasteiger partial charge in [0.15, 0.2) is 0 Å². The number of hydrogen-bond acceptors (Lipinski definition) is 2. The summed E-state index contributed by atoms with van der Waals surface area (Å²) in [6.45, 7) is 2.57. The molecule has 0 aromatic heterocycles. The second kappa shape index (κ2) is 5.75. The predicted molar refractivity (Wildman–Crippen MR) is 84.0 cm³/mol. The number of fused-ring (bicyclic) bond motifs is 1. The molecular formula is C18H23NO3. The third-order valence-electron chi connectivity index (χ3n) is 5.15. The molecule has 1 N–H and O–H groups in total. The van der Waals surface area contributed by atoms with Crippen LogP contribution in [-0.4, -0.2) is 35.0 Å². The Morgan fingerprint density at radius 3 is 2.68 bits per heavy atom. The number of hydrogen-bond donors (Lipinski definition) is 1. The molecule has 1 amide bonds. The van der Waals surface area contributed by atoms with E-state index in [1.54, 1.807) is 11.8 Å². The Kier molecular flexibility index (Phi) is 3.94. The van der Waals surface area contributed by atoms with E-state index in [4.69, 9.17) is 0 Å². The Balaban J connectivity index is 1.86. The number of benzene rings is 1. The number of rotatable bonds is 2. The van der Waals surface area contributed by atoms with Crippen LogP contribution in [0.15, 0.2) is 18.2 Å². The largest absolute Gasteiger partial charge is 0.481 e. The molecule has 22 heavy (non-hydrogen) atoms. The van der Waals surface area contributed by atoms with E-state index >= 15 is 0 Å². The maximum Gasteiger partial charge on any atom is 0.311 e. The normalized spacial score (nSPS) is 24.7. The van der Waals surface area contributed by atoms with Crippen molar-refractivity contribution < 1.29 is 14.7 Å². The van der Waals surface area contributed by atoms with Crippen molar-refractivity contribution in [2.45, 2.75) is 45.4 Å². The van der Waals surface area contributed by atoms with Gasteiger partial charge in [0.05, 0.1) is 5.41 Å². The van der Waals surface area contributed by atoms with Crippen LogP contribution in [-0.2, 0) is 17.6 Å². The molecule has 4 nitrogen and oxygen atoms in total. The van der Waals surface area contributed by atoms with Gasteiger partial charge in [0, 0.05) is 18.7 Å². The van der Waals surface area contributed by atoms with Gasteiger partial charge in [-0.2, -0.15) is 0 Å². The zero-order valence-electron chi connectivity index (χ0n) is 13.1. The van der Waals surface area contributed by atoms with E-state index in [0.29, 0.717) is 19.5 Å². The second-order valence-electron chi connectivity index (χ2n) is 6.85. The van der Waals surface area contributed by atoms with Gasteiger partial charge in [-0.1, -0.05) is 18.6 Å². The number of likely N-dealkylation sites (tertiary alicyclic amines) is 1. The Bertz CT molecular complexity index is 610. The van der Waals surface area contributed by atoms with Crippen LogP contribution in [0.2, 0.25) is 0 Å². The van der Waals surface area contributed by atoms with Crippen LogP contribution in [0.3, 0.4) is 0 Å². The van der Waals surface area contributed by atoms with Gasteiger partial charge in [-0.15, -0.1) is 0 Å². The molecule has 0 radical (unpaired) electrons. The highest BCUT2D eigenvalue weighted by molar-refractivity contribution is 5.96. The molecule has 0 bridgehead atoms. The fraction of sp³-hybridized carbons (Fsp3) is 0.556. The summed E-state index contributed by atoms with van der Waals surface area (Å²) < 4.78 is 0. The minimum absolute atomic E-state index is 0.00345. The van der Waals surface area contributed by atoms with Crippen molar-refractivity contribution in [2.24, 2.45) is 5.41 Å². The highest BCUT2D eigenvalue weighted by Crippen LogP contribution is 2.32. The third-order valence-corrected chi connectivity index (χ3v) is 5.15. The van der Waals surface area contributed by atoms with Crippen molar-refractivity contribution in [3.8, 4) is 0 Å². The molecule has 1 fully saturated rings. The molecule has 1 aromatic rings. The predicted octanol–water partition coefficient (Wildman–Crippen LogP) is 2.89. The summed E-state index contributed by atoms with van der Waals surface area (Å²) >= 11 is 0. The molecule has 0 spiro atoms. The first-order valence-corrected chi connectivity index (χ1v) is 8.15. The number of nitrogens with zero attached hydrogens (tertiary/aromatic N) is 1. The van der Waals surface area contributed by atoms with Crippen molar-refractivity contribution >= 4 is 11.9 Å². The van der Waals surface area contributed by atoms with Gasteiger partial charge in [0.1, 0.15) is 0 Å². The van der Waals surface area contributed by atoms with Crippen molar-refractivity contribution in [1.29, 1.82) is 0 Å². The molecule has 2 aliphatic rings. The summed E-state index contributed by atoms with van der Waals surface area (Å²) in [6, 6.07) is 6.00. The molecule has 1 unspecified atom stereocenters. The van der Waals surface area contributed by atoms with Crippen molar-refractivity contribution in [2.75, 3.05) is 13.1 Å². The molecule has 118 valence electrons. The number of carboxylic acid groups (broad SMARTS) is 1. The first-order valence-electron chi connectivity index (χ1n) is 8.15. The van der Waals surface area contributed by atoms with E-state index in [1.165, 1.54) is 24.0 Å². The monoisotopic (exact) mass is 301 g/mol. The molecule has 3 rings (SSSR count). The number of carbonyl (C=O) groups is 2. The van der Waals surface area contributed by atoms with Crippen LogP contribution in [0.5, 0.6) is 0 Å². The van der Waals surface area contributed by atoms with Crippen LogP contribution in [0.4, 0.5) is 0 Å². The molecular weight excluding hydrogens is 278 g/mol. The summed E-state index contributed by atoms with van der Waals surface area (Å²) in [5.41, 5.74) is 2.47. The highest BCUT2D eigenvalue weighted by Gasteiger charge is 2.42. The topological polar surface area (TPSA) is 57.6 Å². The fourth-order valence-electron chi connectivity index (χ4n) is 3.64. The summed E-state index contributed by atoms with van der Waals surface area (Å²) in [4.78, 5) is 26.0. The lowest BCUT2D eigenvalue weighted by molar-refractivity contribution is -0.147. The van der Waals surface area contributed by atoms with Gasteiger partial charge in [-0.25, -0.2) is 0 Å². The maximum absolute atomic E-state index is 12.9. The Hall–Kier alpha value is -1.84. The van der Waals surface area contributed by atoms with E-state index in [2.05, 4.69) is 6.07 Å². The standard InChI is InChI=1S/C18H23NO3/c1-18(17(21)22)10-11-19(12-18)16(20)15-9-5-7-13-6-3-2-4-8-14(13)15/h5,7,9H,2-4,6,8,10-12H2,1H3,(H,21,22). The average Bonchev–Trinajstić information content (AvgIpc) is 2.76. The first-order chi connectivity index (χ1) is 10.5. The van der Waals surface area contributed by atoms with Crippen molar-refractivity contribution in [3.63, 3.8) is 0 Å². The summed E-state index contributed by atoms with van der Waals surface area (Å²) in [5, 5.41) is 9.33. The molecule has 4 heteroatoms. The van der Waals surface area contributed by atoms with Crippen LogP contribution in [0.1, 0.15) is 54.1 Å². The van der Waals surface area contributed by atoms with Gasteiger partial charge in [-0.05, 0) is 56.2 Å². The van der Waals surface area contributed by atoms with Gasteiger partial charge >= 0.3 is 5.97 Å². The molecule has 1 aliphatic carbocycles. The van der Waals surface area contributed by atoms with E-state index in [9.17, 15) is 14.7 Å².